The molecule has 0 saturated heterocycles. The lowest BCUT2D eigenvalue weighted by molar-refractivity contribution is 1.07. The molecule has 0 saturated carbocycles. The van der Waals surface area contributed by atoms with Crippen LogP contribution in [0.4, 0.5) is 0 Å². The van der Waals surface area contributed by atoms with Crippen molar-refractivity contribution in [1.29, 1.82) is 0 Å². The summed E-state index contributed by atoms with van der Waals surface area (Å²) in [5.41, 5.74) is 9.91. The third-order valence-corrected chi connectivity index (χ3v) is 10.1. The second-order valence-corrected chi connectivity index (χ2v) is 13.7. The number of nitrogens with zero attached hydrogens (tertiary/aromatic N) is 5. The Hall–Kier alpha value is -7.63. The van der Waals surface area contributed by atoms with Gasteiger partial charge in [0, 0.05) is 33.4 Å². The average molecular weight is 716 g/mol. The van der Waals surface area contributed by atoms with Gasteiger partial charge in [0.15, 0.2) is 23.3 Å². The zero-order valence-corrected chi connectivity index (χ0v) is 30.3. The van der Waals surface area contributed by atoms with Gasteiger partial charge in [-0.25, -0.2) is 24.9 Å². The lowest BCUT2D eigenvalue weighted by atomic mass is 9.93. The number of rotatable bonds is 7. The maximum absolute atomic E-state index is 5.22. The Bertz CT molecular complexity index is 2940. The van der Waals surface area contributed by atoms with Crippen LogP contribution in [-0.4, -0.2) is 24.9 Å². The molecule has 0 fully saturated rings. The van der Waals surface area contributed by atoms with E-state index in [1.54, 1.807) is 0 Å². The molecule has 0 radical (unpaired) electrons. The van der Waals surface area contributed by atoms with E-state index >= 15 is 0 Å². The highest BCUT2D eigenvalue weighted by Gasteiger charge is 2.17. The predicted molar refractivity (Wildman–Crippen MR) is 228 cm³/mol. The summed E-state index contributed by atoms with van der Waals surface area (Å²) < 4.78 is 0. The van der Waals surface area contributed by atoms with Gasteiger partial charge in [0.2, 0.25) is 0 Å². The minimum atomic E-state index is 0.626. The Morgan fingerprint density at radius 2 is 0.661 bits per heavy atom. The highest BCUT2D eigenvalue weighted by molar-refractivity contribution is 6.06. The van der Waals surface area contributed by atoms with Gasteiger partial charge in [-0.05, 0) is 50.9 Å². The Morgan fingerprint density at radius 3 is 1.21 bits per heavy atom. The van der Waals surface area contributed by atoms with Crippen molar-refractivity contribution in [2.75, 3.05) is 0 Å². The van der Waals surface area contributed by atoms with Crippen molar-refractivity contribution in [3.63, 3.8) is 0 Å². The molecule has 0 unspecified atom stereocenters. The first-order valence-electron chi connectivity index (χ1n) is 18.7. The fourth-order valence-corrected chi connectivity index (χ4v) is 7.34. The lowest BCUT2D eigenvalue weighted by Crippen LogP contribution is -2.00. The fraction of sp³-hybridized carbons (Fsp3) is 0. The standard InChI is InChI=1S/C51H33N5/c1-5-15-34(16-6-1)43-25-13-23-35-24-14-26-44(47(35)43)46-33-45(52-48(53-46)36-17-7-2-8-18-36)41-29-27-40-32-42(30-28-39(40)31-41)51-55-49(37-19-9-3-10-20-37)54-50(56-51)38-21-11-4-12-22-38/h1-33H. The molecule has 56 heavy (non-hydrogen) atoms. The molecule has 0 N–H and O–H groups in total. The molecule has 262 valence electrons. The molecule has 5 nitrogen and oxygen atoms in total. The first-order chi connectivity index (χ1) is 27.7. The zero-order valence-electron chi connectivity index (χ0n) is 30.3. The van der Waals surface area contributed by atoms with E-state index in [1.165, 1.54) is 16.5 Å². The average Bonchev–Trinajstić information content (AvgIpc) is 3.29. The molecule has 0 aliphatic heterocycles. The highest BCUT2D eigenvalue weighted by atomic mass is 15.0. The first-order valence-corrected chi connectivity index (χ1v) is 18.7. The van der Waals surface area contributed by atoms with Crippen molar-refractivity contribution < 1.29 is 0 Å². The summed E-state index contributed by atoms with van der Waals surface area (Å²) in [5, 5.41) is 4.50. The van der Waals surface area contributed by atoms with Gasteiger partial charge in [0.25, 0.3) is 0 Å². The van der Waals surface area contributed by atoms with Crippen LogP contribution < -0.4 is 0 Å². The summed E-state index contributed by atoms with van der Waals surface area (Å²) in [5.74, 6) is 2.59. The van der Waals surface area contributed by atoms with Gasteiger partial charge in [-0.1, -0.05) is 182 Å². The summed E-state index contributed by atoms with van der Waals surface area (Å²) in [6.07, 6.45) is 0. The van der Waals surface area contributed by atoms with Crippen LogP contribution in [0, 0.1) is 0 Å². The minimum Gasteiger partial charge on any atom is -0.228 e. The van der Waals surface area contributed by atoms with E-state index in [-0.39, 0.29) is 0 Å². The van der Waals surface area contributed by atoms with Crippen molar-refractivity contribution in [3.8, 4) is 79.2 Å². The second-order valence-electron chi connectivity index (χ2n) is 13.7. The van der Waals surface area contributed by atoms with Gasteiger partial charge in [0.05, 0.1) is 11.4 Å². The summed E-state index contributed by atoms with van der Waals surface area (Å²) >= 11 is 0. The van der Waals surface area contributed by atoms with Crippen LogP contribution in [0.1, 0.15) is 0 Å². The maximum Gasteiger partial charge on any atom is 0.164 e. The molecule has 2 aromatic heterocycles. The molecule has 0 spiro atoms. The van der Waals surface area contributed by atoms with Crippen molar-refractivity contribution >= 4 is 21.5 Å². The summed E-state index contributed by atoms with van der Waals surface area (Å²) in [4.78, 5) is 25.2. The van der Waals surface area contributed by atoms with Gasteiger partial charge in [-0.2, -0.15) is 0 Å². The molecule has 10 rings (SSSR count). The van der Waals surface area contributed by atoms with Gasteiger partial charge < -0.3 is 0 Å². The Balaban J connectivity index is 1.09. The van der Waals surface area contributed by atoms with E-state index in [4.69, 9.17) is 24.9 Å². The summed E-state index contributed by atoms with van der Waals surface area (Å²) in [6, 6.07) is 68.8. The first kappa shape index (κ1) is 33.0. The fourth-order valence-electron chi connectivity index (χ4n) is 7.34. The maximum atomic E-state index is 5.22. The number of hydrogen-bond donors (Lipinski definition) is 0. The van der Waals surface area contributed by atoms with E-state index in [2.05, 4.69) is 121 Å². The van der Waals surface area contributed by atoms with Crippen LogP contribution in [0.2, 0.25) is 0 Å². The molecule has 0 atom stereocenters. The molecule has 0 aliphatic carbocycles. The zero-order chi connectivity index (χ0) is 37.3. The molecular weight excluding hydrogens is 683 g/mol. The van der Waals surface area contributed by atoms with Crippen molar-refractivity contribution in [1.82, 2.24) is 24.9 Å². The number of aromatic nitrogens is 5. The molecule has 0 aliphatic rings. The van der Waals surface area contributed by atoms with E-state index < -0.39 is 0 Å². The number of fused-ring (bicyclic) bond motifs is 2. The van der Waals surface area contributed by atoms with Crippen LogP contribution in [0.25, 0.3) is 101 Å². The smallest absolute Gasteiger partial charge is 0.164 e. The quantitative estimate of drug-likeness (QED) is 0.164. The van der Waals surface area contributed by atoms with Gasteiger partial charge >= 0.3 is 0 Å². The molecule has 10 aromatic rings. The Kier molecular flexibility index (Phi) is 8.43. The van der Waals surface area contributed by atoms with Gasteiger partial charge in [-0.15, -0.1) is 0 Å². The van der Waals surface area contributed by atoms with E-state index in [1.807, 2.05) is 78.9 Å². The third kappa shape index (κ3) is 6.37. The molecule has 8 aromatic carbocycles. The SMILES string of the molecule is c1ccc(-c2nc(-c3ccc4cc(-c5nc(-c6ccccc6)nc(-c6ccccc6)n5)ccc4c3)cc(-c3cccc4cccc(-c5ccccc5)c34)n2)cc1. The normalized spacial score (nSPS) is 11.2. The van der Waals surface area contributed by atoms with Gasteiger partial charge in [0.1, 0.15) is 0 Å². The molecular formula is C51H33N5. The second kappa shape index (κ2) is 14.3. The van der Waals surface area contributed by atoms with Gasteiger partial charge in [-0.3, -0.25) is 0 Å². The predicted octanol–water partition coefficient (Wildman–Crippen LogP) is 12.6. The molecule has 2 heterocycles. The Morgan fingerprint density at radius 1 is 0.232 bits per heavy atom. The van der Waals surface area contributed by atoms with E-state index in [0.717, 1.165) is 60.9 Å². The van der Waals surface area contributed by atoms with Crippen LogP contribution in [0.15, 0.2) is 200 Å². The van der Waals surface area contributed by atoms with Crippen LogP contribution in [-0.2, 0) is 0 Å². The molecule has 0 bridgehead atoms. The molecule has 0 amide bonds. The minimum absolute atomic E-state index is 0.626. The monoisotopic (exact) mass is 715 g/mol. The summed E-state index contributed by atoms with van der Waals surface area (Å²) in [7, 11) is 0. The van der Waals surface area contributed by atoms with Crippen LogP contribution in [0.3, 0.4) is 0 Å². The largest absolute Gasteiger partial charge is 0.228 e. The topological polar surface area (TPSA) is 64.5 Å². The Labute approximate surface area is 324 Å². The van der Waals surface area contributed by atoms with Crippen LogP contribution in [0.5, 0.6) is 0 Å². The van der Waals surface area contributed by atoms with E-state index in [0.29, 0.717) is 23.3 Å². The summed E-state index contributed by atoms with van der Waals surface area (Å²) in [6.45, 7) is 0. The number of hydrogen-bond acceptors (Lipinski definition) is 5. The number of benzene rings is 8. The van der Waals surface area contributed by atoms with E-state index in [9.17, 15) is 0 Å². The highest BCUT2D eigenvalue weighted by Crippen LogP contribution is 2.38. The van der Waals surface area contributed by atoms with Crippen molar-refractivity contribution in [2.24, 2.45) is 0 Å². The van der Waals surface area contributed by atoms with Crippen LogP contribution >= 0.6 is 0 Å². The molecule has 5 heteroatoms. The third-order valence-electron chi connectivity index (χ3n) is 10.1. The van der Waals surface area contributed by atoms with Crippen molar-refractivity contribution in [2.45, 2.75) is 0 Å². The lowest BCUT2D eigenvalue weighted by Gasteiger charge is -2.14. The van der Waals surface area contributed by atoms with Crippen molar-refractivity contribution in [3.05, 3.63) is 200 Å².